The standard InChI is InChI=1S/C12H25N/c1-3-4-5-6-7-8-9-10-11-12-13-2/h3,13H,1,4-12H2,2H3. The molecular weight excluding hydrogens is 158 g/mol. The van der Waals surface area contributed by atoms with E-state index < -0.39 is 0 Å². The molecule has 0 heterocycles. The highest BCUT2D eigenvalue weighted by atomic mass is 14.8. The van der Waals surface area contributed by atoms with E-state index in [2.05, 4.69) is 11.9 Å². The lowest BCUT2D eigenvalue weighted by Gasteiger charge is -2.00. The predicted molar refractivity (Wildman–Crippen MR) is 61.1 cm³/mol. The molecule has 1 N–H and O–H groups in total. The first kappa shape index (κ1) is 12.7. The second-order valence-corrected chi connectivity index (χ2v) is 3.66. The maximum atomic E-state index is 3.72. The second-order valence-electron chi connectivity index (χ2n) is 3.66. The average molecular weight is 183 g/mol. The quantitative estimate of drug-likeness (QED) is 0.404. The topological polar surface area (TPSA) is 12.0 Å². The molecule has 0 atom stereocenters. The molecule has 0 saturated carbocycles. The van der Waals surface area contributed by atoms with Gasteiger partial charge in [-0.1, -0.05) is 38.2 Å². The second kappa shape index (κ2) is 11.7. The van der Waals surface area contributed by atoms with Gasteiger partial charge in [-0.3, -0.25) is 0 Å². The summed E-state index contributed by atoms with van der Waals surface area (Å²) in [5.41, 5.74) is 0. The smallest absolute Gasteiger partial charge is 0.00519 e. The molecule has 78 valence electrons. The van der Waals surface area contributed by atoms with Gasteiger partial charge in [0.15, 0.2) is 0 Å². The van der Waals surface area contributed by atoms with Crippen molar-refractivity contribution in [3.05, 3.63) is 12.7 Å². The summed E-state index contributed by atoms with van der Waals surface area (Å²) in [6.45, 7) is 4.90. The average Bonchev–Trinajstić information content (AvgIpc) is 2.16. The molecule has 1 nitrogen and oxygen atoms in total. The third-order valence-corrected chi connectivity index (χ3v) is 2.34. The van der Waals surface area contributed by atoms with Gasteiger partial charge in [-0.05, 0) is 32.9 Å². The Balaban J connectivity index is 2.79. The van der Waals surface area contributed by atoms with Gasteiger partial charge in [0.25, 0.3) is 0 Å². The van der Waals surface area contributed by atoms with Crippen LogP contribution in [0.4, 0.5) is 0 Å². The van der Waals surface area contributed by atoms with E-state index in [0.29, 0.717) is 0 Å². The summed E-state index contributed by atoms with van der Waals surface area (Å²) in [5.74, 6) is 0. The zero-order valence-electron chi connectivity index (χ0n) is 9.15. The number of hydrogen-bond donors (Lipinski definition) is 1. The van der Waals surface area contributed by atoms with E-state index >= 15 is 0 Å². The van der Waals surface area contributed by atoms with Gasteiger partial charge in [-0.25, -0.2) is 0 Å². The van der Waals surface area contributed by atoms with E-state index in [1.165, 1.54) is 57.9 Å². The first-order chi connectivity index (χ1) is 6.41. The summed E-state index contributed by atoms with van der Waals surface area (Å²) >= 11 is 0. The Morgan fingerprint density at radius 3 is 2.00 bits per heavy atom. The molecule has 0 radical (unpaired) electrons. The number of nitrogens with one attached hydrogen (secondary N) is 1. The molecule has 0 aromatic heterocycles. The van der Waals surface area contributed by atoms with E-state index in [9.17, 15) is 0 Å². The van der Waals surface area contributed by atoms with E-state index in [0.717, 1.165) is 0 Å². The molecule has 0 spiro atoms. The minimum absolute atomic E-state index is 1.18. The van der Waals surface area contributed by atoms with Crippen molar-refractivity contribution in [1.29, 1.82) is 0 Å². The normalized spacial score (nSPS) is 10.2. The number of hydrogen-bond acceptors (Lipinski definition) is 1. The maximum Gasteiger partial charge on any atom is -0.00519 e. The molecule has 0 aliphatic heterocycles. The van der Waals surface area contributed by atoms with Crippen molar-refractivity contribution < 1.29 is 0 Å². The van der Waals surface area contributed by atoms with Crippen molar-refractivity contribution in [3.63, 3.8) is 0 Å². The van der Waals surface area contributed by atoms with Gasteiger partial charge in [0.05, 0.1) is 0 Å². The molecule has 0 aliphatic carbocycles. The molecule has 0 aromatic carbocycles. The Kier molecular flexibility index (Phi) is 11.4. The van der Waals surface area contributed by atoms with Crippen molar-refractivity contribution in [1.82, 2.24) is 5.32 Å². The molecule has 0 fully saturated rings. The van der Waals surface area contributed by atoms with Crippen LogP contribution >= 0.6 is 0 Å². The Labute approximate surface area is 83.6 Å². The summed E-state index contributed by atoms with van der Waals surface area (Å²) in [6, 6.07) is 0. The van der Waals surface area contributed by atoms with Crippen LogP contribution < -0.4 is 5.32 Å². The van der Waals surface area contributed by atoms with Gasteiger partial charge in [0, 0.05) is 0 Å². The summed E-state index contributed by atoms with van der Waals surface area (Å²) in [4.78, 5) is 0. The molecule has 0 amide bonds. The molecular formula is C12H25N. The highest BCUT2D eigenvalue weighted by Gasteiger charge is 1.90. The van der Waals surface area contributed by atoms with Crippen LogP contribution in [0.3, 0.4) is 0 Å². The lowest BCUT2D eigenvalue weighted by atomic mass is 10.1. The largest absolute Gasteiger partial charge is 0.320 e. The van der Waals surface area contributed by atoms with Crippen LogP contribution in [0, 0.1) is 0 Å². The Morgan fingerprint density at radius 2 is 1.46 bits per heavy atom. The van der Waals surface area contributed by atoms with Crippen molar-refractivity contribution in [3.8, 4) is 0 Å². The van der Waals surface area contributed by atoms with Gasteiger partial charge >= 0.3 is 0 Å². The van der Waals surface area contributed by atoms with E-state index in [1.54, 1.807) is 0 Å². The molecule has 0 saturated heterocycles. The number of allylic oxidation sites excluding steroid dienone is 1. The highest BCUT2D eigenvalue weighted by Crippen LogP contribution is 2.08. The zero-order valence-corrected chi connectivity index (χ0v) is 9.15. The molecule has 13 heavy (non-hydrogen) atoms. The zero-order chi connectivity index (χ0) is 9.78. The van der Waals surface area contributed by atoms with Crippen molar-refractivity contribution in [2.75, 3.05) is 13.6 Å². The van der Waals surface area contributed by atoms with Gasteiger partial charge in [0.2, 0.25) is 0 Å². The lowest BCUT2D eigenvalue weighted by Crippen LogP contribution is -2.06. The van der Waals surface area contributed by atoms with Crippen LogP contribution in [0.5, 0.6) is 0 Å². The minimum atomic E-state index is 1.18. The van der Waals surface area contributed by atoms with E-state index in [1.807, 2.05) is 13.1 Å². The summed E-state index contributed by atoms with van der Waals surface area (Å²) in [6.07, 6.45) is 12.9. The fraction of sp³-hybridized carbons (Fsp3) is 0.833. The van der Waals surface area contributed by atoms with Gasteiger partial charge in [0.1, 0.15) is 0 Å². The summed E-state index contributed by atoms with van der Waals surface area (Å²) in [5, 5.41) is 3.18. The Hall–Kier alpha value is -0.300. The fourth-order valence-electron chi connectivity index (χ4n) is 1.47. The minimum Gasteiger partial charge on any atom is -0.320 e. The fourth-order valence-corrected chi connectivity index (χ4v) is 1.47. The van der Waals surface area contributed by atoms with Gasteiger partial charge in [-0.2, -0.15) is 0 Å². The molecule has 0 rings (SSSR count). The maximum absolute atomic E-state index is 3.72. The first-order valence-corrected chi connectivity index (χ1v) is 5.67. The van der Waals surface area contributed by atoms with Crippen LogP contribution in [0.25, 0.3) is 0 Å². The third kappa shape index (κ3) is 11.7. The molecule has 0 aromatic rings. The SMILES string of the molecule is C=CCCCCCCCCCNC. The van der Waals surface area contributed by atoms with E-state index in [-0.39, 0.29) is 0 Å². The van der Waals surface area contributed by atoms with Crippen molar-refractivity contribution >= 4 is 0 Å². The molecule has 0 unspecified atom stereocenters. The number of rotatable bonds is 10. The molecule has 0 aliphatic rings. The first-order valence-electron chi connectivity index (χ1n) is 5.67. The Bertz CT molecular complexity index is 99.3. The lowest BCUT2D eigenvalue weighted by molar-refractivity contribution is 0.572. The van der Waals surface area contributed by atoms with E-state index in [4.69, 9.17) is 0 Å². The van der Waals surface area contributed by atoms with Gasteiger partial charge < -0.3 is 5.32 Å². The summed E-state index contributed by atoms with van der Waals surface area (Å²) < 4.78 is 0. The van der Waals surface area contributed by atoms with Crippen LogP contribution in [0.2, 0.25) is 0 Å². The van der Waals surface area contributed by atoms with Crippen LogP contribution in [-0.4, -0.2) is 13.6 Å². The van der Waals surface area contributed by atoms with Gasteiger partial charge in [-0.15, -0.1) is 6.58 Å². The third-order valence-electron chi connectivity index (χ3n) is 2.34. The molecule has 0 bridgehead atoms. The van der Waals surface area contributed by atoms with Crippen molar-refractivity contribution in [2.45, 2.75) is 51.4 Å². The predicted octanol–water partition coefficient (Wildman–Crippen LogP) is 3.51. The highest BCUT2D eigenvalue weighted by molar-refractivity contribution is 4.65. The van der Waals surface area contributed by atoms with Crippen LogP contribution in [-0.2, 0) is 0 Å². The summed E-state index contributed by atoms with van der Waals surface area (Å²) in [7, 11) is 2.02. The Morgan fingerprint density at radius 1 is 0.923 bits per heavy atom. The monoisotopic (exact) mass is 183 g/mol. The van der Waals surface area contributed by atoms with Crippen LogP contribution in [0.1, 0.15) is 51.4 Å². The number of unbranched alkanes of at least 4 members (excludes halogenated alkanes) is 7. The molecule has 1 heteroatoms. The van der Waals surface area contributed by atoms with Crippen molar-refractivity contribution in [2.24, 2.45) is 0 Å². The van der Waals surface area contributed by atoms with Crippen LogP contribution in [0.15, 0.2) is 12.7 Å².